The van der Waals surface area contributed by atoms with E-state index < -0.39 is 10.0 Å². The lowest BCUT2D eigenvalue weighted by molar-refractivity contribution is -0.123. The molecule has 0 fully saturated rings. The number of hydrogen-bond acceptors (Lipinski definition) is 5. The molecule has 0 bridgehead atoms. The molecule has 0 aliphatic heterocycles. The number of nitrogens with one attached hydrogen (secondary N) is 2. The van der Waals surface area contributed by atoms with Crippen LogP contribution in [0.15, 0.2) is 45.9 Å². The second-order valence-corrected chi connectivity index (χ2v) is 7.24. The number of hydrogen-bond donors (Lipinski definition) is 2. The highest BCUT2D eigenvalue weighted by Crippen LogP contribution is 2.21. The van der Waals surface area contributed by atoms with Gasteiger partial charge in [0, 0.05) is 6.54 Å². The van der Waals surface area contributed by atoms with Gasteiger partial charge in [-0.25, -0.2) is 13.1 Å². The molecule has 0 saturated heterocycles. The normalized spacial score (nSPS) is 11.3. The van der Waals surface area contributed by atoms with Crippen molar-refractivity contribution in [1.82, 2.24) is 10.0 Å². The zero-order valence-electron chi connectivity index (χ0n) is 14.2. The molecule has 1 aromatic heterocycles. The second-order valence-electron chi connectivity index (χ2n) is 5.47. The van der Waals surface area contributed by atoms with Crippen LogP contribution in [0.3, 0.4) is 0 Å². The number of sulfonamides is 1. The number of carbonyl (C=O) groups is 1. The molecule has 8 heteroatoms. The Kier molecular flexibility index (Phi) is 6.60. The first-order valence-electron chi connectivity index (χ1n) is 7.94. The van der Waals surface area contributed by atoms with Crippen LogP contribution in [0.5, 0.6) is 5.75 Å². The lowest BCUT2D eigenvalue weighted by Crippen LogP contribution is -2.28. The maximum Gasteiger partial charge on any atom is 0.258 e. The number of amides is 1. The van der Waals surface area contributed by atoms with Crippen LogP contribution >= 0.6 is 0 Å². The molecule has 0 atom stereocenters. The van der Waals surface area contributed by atoms with E-state index in [1.165, 1.54) is 18.4 Å². The minimum Gasteiger partial charge on any atom is -0.484 e. The highest BCUT2D eigenvalue weighted by atomic mass is 32.2. The number of rotatable bonds is 9. The van der Waals surface area contributed by atoms with Crippen LogP contribution in [0.2, 0.25) is 0 Å². The largest absolute Gasteiger partial charge is 0.484 e. The molecule has 2 N–H and O–H groups in total. The Morgan fingerprint density at radius 3 is 2.72 bits per heavy atom. The molecule has 1 amide bonds. The third-order valence-electron chi connectivity index (χ3n) is 3.40. The monoisotopic (exact) mass is 366 g/mol. The molecular formula is C17H22N2O5S. The van der Waals surface area contributed by atoms with E-state index in [9.17, 15) is 13.2 Å². The van der Waals surface area contributed by atoms with Crippen LogP contribution in [0, 0.1) is 6.92 Å². The SMILES string of the molecule is CCCNS(=O)(=O)c1ccc(OCC(=O)NCc2ccco2)c(C)c1. The average Bonchev–Trinajstić information content (AvgIpc) is 3.10. The molecule has 0 radical (unpaired) electrons. The Morgan fingerprint density at radius 2 is 2.08 bits per heavy atom. The van der Waals surface area contributed by atoms with E-state index in [1.807, 2.05) is 6.92 Å². The average molecular weight is 366 g/mol. The van der Waals surface area contributed by atoms with E-state index >= 15 is 0 Å². The number of ether oxygens (including phenoxy) is 1. The molecule has 7 nitrogen and oxygen atoms in total. The van der Waals surface area contributed by atoms with Crippen molar-refractivity contribution in [3.63, 3.8) is 0 Å². The fraction of sp³-hybridized carbons (Fsp3) is 0.353. The summed E-state index contributed by atoms with van der Waals surface area (Å²) in [7, 11) is -3.52. The minimum absolute atomic E-state index is 0.165. The quantitative estimate of drug-likeness (QED) is 0.707. The van der Waals surface area contributed by atoms with Crippen molar-refractivity contribution in [2.24, 2.45) is 0 Å². The van der Waals surface area contributed by atoms with Gasteiger partial charge in [-0.05, 0) is 49.2 Å². The molecule has 0 unspecified atom stereocenters. The van der Waals surface area contributed by atoms with Crippen molar-refractivity contribution in [3.05, 3.63) is 47.9 Å². The Morgan fingerprint density at radius 1 is 1.28 bits per heavy atom. The van der Waals surface area contributed by atoms with Crippen molar-refractivity contribution >= 4 is 15.9 Å². The molecular weight excluding hydrogens is 344 g/mol. The topological polar surface area (TPSA) is 97.6 Å². The fourth-order valence-corrected chi connectivity index (χ4v) is 3.28. The Balaban J connectivity index is 1.91. The Bertz CT molecular complexity index is 800. The van der Waals surface area contributed by atoms with Gasteiger partial charge in [-0.2, -0.15) is 0 Å². The zero-order valence-corrected chi connectivity index (χ0v) is 15.1. The molecule has 2 rings (SSSR count). The fourth-order valence-electron chi connectivity index (χ4n) is 2.06. The molecule has 0 spiro atoms. The van der Waals surface area contributed by atoms with Gasteiger partial charge in [0.2, 0.25) is 10.0 Å². The summed E-state index contributed by atoms with van der Waals surface area (Å²) >= 11 is 0. The third kappa shape index (κ3) is 5.61. The summed E-state index contributed by atoms with van der Waals surface area (Å²) in [5, 5.41) is 2.67. The van der Waals surface area contributed by atoms with E-state index in [2.05, 4.69) is 10.0 Å². The third-order valence-corrected chi connectivity index (χ3v) is 4.86. The Labute approximate surface area is 147 Å². The molecule has 1 heterocycles. The molecule has 2 aromatic rings. The number of carbonyl (C=O) groups excluding carboxylic acids is 1. The highest BCUT2D eigenvalue weighted by Gasteiger charge is 2.15. The maximum atomic E-state index is 12.1. The van der Waals surface area contributed by atoms with Gasteiger partial charge in [0.25, 0.3) is 5.91 Å². The molecule has 0 saturated carbocycles. The highest BCUT2D eigenvalue weighted by molar-refractivity contribution is 7.89. The minimum atomic E-state index is -3.52. The van der Waals surface area contributed by atoms with Gasteiger partial charge in [0.1, 0.15) is 11.5 Å². The smallest absolute Gasteiger partial charge is 0.258 e. The predicted octanol–water partition coefficient (Wildman–Crippen LogP) is 1.97. The van der Waals surface area contributed by atoms with Crippen molar-refractivity contribution in [1.29, 1.82) is 0 Å². The van der Waals surface area contributed by atoms with Crippen molar-refractivity contribution in [3.8, 4) is 5.75 Å². The van der Waals surface area contributed by atoms with Gasteiger partial charge in [0.15, 0.2) is 6.61 Å². The summed E-state index contributed by atoms with van der Waals surface area (Å²) in [6.45, 7) is 4.13. The maximum absolute atomic E-state index is 12.1. The van der Waals surface area contributed by atoms with Crippen molar-refractivity contribution in [2.75, 3.05) is 13.2 Å². The van der Waals surface area contributed by atoms with Crippen LogP contribution < -0.4 is 14.8 Å². The van der Waals surface area contributed by atoms with E-state index in [4.69, 9.17) is 9.15 Å². The summed E-state index contributed by atoms with van der Waals surface area (Å²) in [6, 6.07) is 8.04. The van der Waals surface area contributed by atoms with Gasteiger partial charge < -0.3 is 14.5 Å². The molecule has 0 aliphatic carbocycles. The van der Waals surface area contributed by atoms with E-state index in [0.717, 1.165) is 0 Å². The summed E-state index contributed by atoms with van der Waals surface area (Å²) in [6.07, 6.45) is 2.25. The van der Waals surface area contributed by atoms with Gasteiger partial charge in [-0.15, -0.1) is 0 Å². The van der Waals surface area contributed by atoms with E-state index in [1.54, 1.807) is 25.1 Å². The van der Waals surface area contributed by atoms with Gasteiger partial charge >= 0.3 is 0 Å². The summed E-state index contributed by atoms with van der Waals surface area (Å²) < 4.78 is 37.3. The van der Waals surface area contributed by atoms with E-state index in [0.29, 0.717) is 30.0 Å². The first kappa shape index (κ1) is 19.0. The molecule has 0 aliphatic rings. The summed E-state index contributed by atoms with van der Waals surface area (Å²) in [4.78, 5) is 12.0. The molecule has 136 valence electrons. The van der Waals surface area contributed by atoms with Crippen LogP contribution in [-0.2, 0) is 21.4 Å². The summed E-state index contributed by atoms with van der Waals surface area (Å²) in [5.41, 5.74) is 0.637. The van der Waals surface area contributed by atoms with Crippen LogP contribution in [0.1, 0.15) is 24.7 Å². The molecule has 25 heavy (non-hydrogen) atoms. The van der Waals surface area contributed by atoms with Gasteiger partial charge in [-0.3, -0.25) is 4.79 Å². The predicted molar refractivity (Wildman–Crippen MR) is 92.7 cm³/mol. The number of benzene rings is 1. The lowest BCUT2D eigenvalue weighted by atomic mass is 10.2. The first-order chi connectivity index (χ1) is 11.9. The molecule has 1 aromatic carbocycles. The van der Waals surface area contributed by atoms with Crippen LogP contribution in [-0.4, -0.2) is 27.5 Å². The second kappa shape index (κ2) is 8.68. The van der Waals surface area contributed by atoms with Crippen molar-refractivity contribution in [2.45, 2.75) is 31.7 Å². The van der Waals surface area contributed by atoms with E-state index in [-0.39, 0.29) is 24.0 Å². The Hall–Kier alpha value is -2.32. The summed E-state index contributed by atoms with van der Waals surface area (Å²) in [5.74, 6) is 0.818. The number of furan rings is 1. The first-order valence-corrected chi connectivity index (χ1v) is 9.43. The zero-order chi connectivity index (χ0) is 18.3. The van der Waals surface area contributed by atoms with Crippen LogP contribution in [0.25, 0.3) is 0 Å². The van der Waals surface area contributed by atoms with Crippen molar-refractivity contribution < 1.29 is 22.4 Å². The van der Waals surface area contributed by atoms with Crippen LogP contribution in [0.4, 0.5) is 0 Å². The number of aryl methyl sites for hydroxylation is 1. The van der Waals surface area contributed by atoms with Gasteiger partial charge in [-0.1, -0.05) is 6.92 Å². The standard InChI is InChI=1S/C17H22N2O5S/c1-3-8-19-25(21,22)15-6-7-16(13(2)10-15)24-12-17(20)18-11-14-5-4-9-23-14/h4-7,9-10,19H,3,8,11-12H2,1-2H3,(H,18,20). The lowest BCUT2D eigenvalue weighted by Gasteiger charge is -2.11. The van der Waals surface area contributed by atoms with Gasteiger partial charge in [0.05, 0.1) is 17.7 Å².